The van der Waals surface area contributed by atoms with Crippen molar-refractivity contribution in [2.75, 3.05) is 18.9 Å². The Morgan fingerprint density at radius 3 is 3.00 bits per heavy atom. The lowest BCUT2D eigenvalue weighted by molar-refractivity contribution is 0.758. The molecular formula is C10H12N6. The number of hydrogen-bond donors (Lipinski definition) is 1. The van der Waals surface area contributed by atoms with Gasteiger partial charge in [-0.05, 0) is 6.92 Å². The Morgan fingerprint density at radius 2 is 2.31 bits per heavy atom. The van der Waals surface area contributed by atoms with E-state index in [-0.39, 0.29) is 0 Å². The minimum Gasteiger partial charge on any atom is -0.357 e. The highest BCUT2D eigenvalue weighted by Crippen LogP contribution is 2.15. The molecule has 2 aromatic rings. The number of fused-ring (bicyclic) bond motifs is 1. The normalized spacial score (nSPS) is 10.3. The van der Waals surface area contributed by atoms with E-state index in [9.17, 15) is 0 Å². The van der Waals surface area contributed by atoms with Gasteiger partial charge in [0.25, 0.3) is 0 Å². The zero-order chi connectivity index (χ0) is 11.5. The van der Waals surface area contributed by atoms with E-state index in [1.807, 2.05) is 11.5 Å². The first-order valence-electron chi connectivity index (χ1n) is 4.96. The van der Waals surface area contributed by atoms with Crippen LogP contribution in [-0.4, -0.2) is 33.1 Å². The molecule has 0 radical (unpaired) electrons. The number of rotatable bonds is 3. The highest BCUT2D eigenvalue weighted by Gasteiger charge is 2.09. The van der Waals surface area contributed by atoms with Crippen molar-refractivity contribution in [3.05, 3.63) is 23.4 Å². The van der Waals surface area contributed by atoms with E-state index in [1.165, 1.54) is 0 Å². The Bertz CT molecular complexity index is 550. The van der Waals surface area contributed by atoms with Crippen LogP contribution < -0.4 is 5.32 Å². The van der Waals surface area contributed by atoms with Crippen LogP contribution in [0.25, 0.3) is 16.0 Å². The molecule has 1 N–H and O–H groups in total. The summed E-state index contributed by atoms with van der Waals surface area (Å²) in [6.07, 6.45) is 1.71. The predicted octanol–water partition coefficient (Wildman–Crippen LogP) is 1.10. The van der Waals surface area contributed by atoms with Crippen molar-refractivity contribution in [3.63, 3.8) is 0 Å². The summed E-state index contributed by atoms with van der Waals surface area (Å²) in [5.74, 6) is 0.578. The summed E-state index contributed by atoms with van der Waals surface area (Å²) in [7, 11) is 1.78. The molecule has 16 heavy (non-hydrogen) atoms. The van der Waals surface area contributed by atoms with E-state index in [4.69, 9.17) is 6.57 Å². The second kappa shape index (κ2) is 4.14. The van der Waals surface area contributed by atoms with Crippen molar-refractivity contribution < 1.29 is 0 Å². The first kappa shape index (κ1) is 10.4. The summed E-state index contributed by atoms with van der Waals surface area (Å²) in [6, 6.07) is 0. The Hall–Kier alpha value is -2.16. The number of nitrogens with one attached hydrogen (secondary N) is 1. The number of hydrogen-bond acceptors (Lipinski definition) is 4. The van der Waals surface area contributed by atoms with Gasteiger partial charge in [-0.25, -0.2) is 16.5 Å². The average molecular weight is 216 g/mol. The number of aromatic nitrogens is 4. The van der Waals surface area contributed by atoms with Gasteiger partial charge in [0, 0.05) is 7.05 Å². The van der Waals surface area contributed by atoms with E-state index in [0.29, 0.717) is 19.0 Å². The van der Waals surface area contributed by atoms with Crippen molar-refractivity contribution in [3.8, 4) is 0 Å². The molecule has 0 amide bonds. The topological polar surface area (TPSA) is 60.0 Å². The molecule has 6 heteroatoms. The molecule has 0 saturated heterocycles. The van der Waals surface area contributed by atoms with Gasteiger partial charge in [0.1, 0.15) is 5.52 Å². The number of imidazole rings is 1. The van der Waals surface area contributed by atoms with Crippen molar-refractivity contribution >= 4 is 17.1 Å². The van der Waals surface area contributed by atoms with Gasteiger partial charge in [-0.2, -0.15) is 4.98 Å². The molecule has 2 rings (SSSR count). The van der Waals surface area contributed by atoms with Gasteiger partial charge in [0.05, 0.1) is 18.6 Å². The monoisotopic (exact) mass is 216 g/mol. The lowest BCUT2D eigenvalue weighted by atomic mass is 10.4. The molecule has 0 spiro atoms. The van der Waals surface area contributed by atoms with Crippen LogP contribution in [0.4, 0.5) is 5.95 Å². The van der Waals surface area contributed by atoms with E-state index >= 15 is 0 Å². The molecule has 6 nitrogen and oxygen atoms in total. The first-order chi connectivity index (χ1) is 7.76. The summed E-state index contributed by atoms with van der Waals surface area (Å²) < 4.78 is 1.88. The Balaban J connectivity index is 2.52. The predicted molar refractivity (Wildman–Crippen MR) is 61.1 cm³/mol. The third-order valence-electron chi connectivity index (χ3n) is 2.31. The highest BCUT2D eigenvalue weighted by atomic mass is 15.2. The summed E-state index contributed by atoms with van der Waals surface area (Å²) >= 11 is 0. The van der Waals surface area contributed by atoms with Gasteiger partial charge >= 0.3 is 0 Å². The van der Waals surface area contributed by atoms with E-state index in [0.717, 1.165) is 16.9 Å². The second-order valence-electron chi connectivity index (χ2n) is 3.37. The molecule has 2 aromatic heterocycles. The fourth-order valence-corrected chi connectivity index (χ4v) is 1.52. The lowest BCUT2D eigenvalue weighted by Crippen LogP contribution is -2.03. The van der Waals surface area contributed by atoms with Crippen LogP contribution in [0.1, 0.15) is 5.69 Å². The standard InChI is InChI=1S/C10H12N6/c1-7-8-9(15-10(12-3)14-7)16(6-13-8)5-4-11-2/h6H,4-5H2,1,3H3,(H,12,14,15). The molecule has 0 unspecified atom stereocenters. The van der Waals surface area contributed by atoms with Crippen LogP contribution in [0.5, 0.6) is 0 Å². The summed E-state index contributed by atoms with van der Waals surface area (Å²) in [5.41, 5.74) is 2.42. The van der Waals surface area contributed by atoms with Crippen molar-refractivity contribution in [2.24, 2.45) is 0 Å². The van der Waals surface area contributed by atoms with E-state index in [1.54, 1.807) is 13.4 Å². The third-order valence-corrected chi connectivity index (χ3v) is 2.31. The van der Waals surface area contributed by atoms with Crippen molar-refractivity contribution in [2.45, 2.75) is 13.5 Å². The maximum absolute atomic E-state index is 6.78. The summed E-state index contributed by atoms with van der Waals surface area (Å²) in [4.78, 5) is 16.2. The summed E-state index contributed by atoms with van der Waals surface area (Å²) in [6.45, 7) is 9.72. The number of anilines is 1. The molecule has 0 aliphatic rings. The van der Waals surface area contributed by atoms with Gasteiger partial charge in [-0.15, -0.1) is 0 Å². The van der Waals surface area contributed by atoms with Crippen LogP contribution in [0, 0.1) is 13.5 Å². The van der Waals surface area contributed by atoms with Gasteiger partial charge in [-0.3, -0.25) is 0 Å². The van der Waals surface area contributed by atoms with Crippen LogP contribution in [-0.2, 0) is 6.54 Å². The van der Waals surface area contributed by atoms with Crippen LogP contribution in [0.3, 0.4) is 0 Å². The maximum atomic E-state index is 6.78. The fourth-order valence-electron chi connectivity index (χ4n) is 1.52. The molecule has 0 bridgehead atoms. The van der Waals surface area contributed by atoms with Gasteiger partial charge in [0.2, 0.25) is 12.5 Å². The van der Waals surface area contributed by atoms with Gasteiger partial charge < -0.3 is 14.7 Å². The van der Waals surface area contributed by atoms with Gasteiger partial charge in [-0.1, -0.05) is 0 Å². The van der Waals surface area contributed by atoms with Crippen molar-refractivity contribution in [1.29, 1.82) is 0 Å². The largest absolute Gasteiger partial charge is 0.357 e. The minimum absolute atomic E-state index is 0.434. The zero-order valence-electron chi connectivity index (χ0n) is 9.23. The molecule has 0 saturated carbocycles. The Kier molecular flexibility index (Phi) is 2.68. The highest BCUT2D eigenvalue weighted by molar-refractivity contribution is 5.74. The van der Waals surface area contributed by atoms with E-state index in [2.05, 4.69) is 25.1 Å². The lowest BCUT2D eigenvalue weighted by Gasteiger charge is -2.02. The smallest absolute Gasteiger partial charge is 0.232 e. The van der Waals surface area contributed by atoms with Gasteiger partial charge in [0.15, 0.2) is 5.65 Å². The third kappa shape index (κ3) is 1.67. The van der Waals surface area contributed by atoms with Crippen LogP contribution in [0.2, 0.25) is 0 Å². The Morgan fingerprint density at radius 1 is 1.50 bits per heavy atom. The number of aryl methyl sites for hydroxylation is 1. The average Bonchev–Trinajstić information content (AvgIpc) is 2.70. The molecule has 82 valence electrons. The molecule has 0 fully saturated rings. The zero-order valence-corrected chi connectivity index (χ0v) is 9.23. The first-order valence-corrected chi connectivity index (χ1v) is 4.96. The number of nitrogens with zero attached hydrogens (tertiary/aromatic N) is 5. The van der Waals surface area contributed by atoms with Crippen molar-refractivity contribution in [1.82, 2.24) is 19.5 Å². The molecule has 0 aliphatic heterocycles. The molecule has 0 atom stereocenters. The van der Waals surface area contributed by atoms with E-state index < -0.39 is 0 Å². The Labute approximate surface area is 93.2 Å². The molecule has 0 aromatic carbocycles. The molecular weight excluding hydrogens is 204 g/mol. The second-order valence-corrected chi connectivity index (χ2v) is 3.37. The maximum Gasteiger partial charge on any atom is 0.232 e. The quantitative estimate of drug-likeness (QED) is 0.780. The van der Waals surface area contributed by atoms with Crippen LogP contribution in [0.15, 0.2) is 6.33 Å². The molecule has 2 heterocycles. The van der Waals surface area contributed by atoms with Crippen LogP contribution >= 0.6 is 0 Å². The SMILES string of the molecule is [C-]#[N+]CCn1cnc2c(C)nc(NC)nc21. The fraction of sp³-hybridized carbons (Fsp3) is 0.400. The molecule has 0 aliphatic carbocycles. The summed E-state index contributed by atoms with van der Waals surface area (Å²) in [5, 5.41) is 2.91. The minimum atomic E-state index is 0.434.